The molecule has 11 heteroatoms. The summed E-state index contributed by atoms with van der Waals surface area (Å²) in [6.45, 7) is 4.14. The fourth-order valence-electron chi connectivity index (χ4n) is 3.28. The largest absolute Gasteiger partial charge is 0.356 e. The monoisotopic (exact) mass is 509 g/mol. The van der Waals surface area contributed by atoms with Crippen LogP contribution in [0.3, 0.4) is 0 Å². The van der Waals surface area contributed by atoms with E-state index in [1.54, 1.807) is 7.05 Å². The minimum absolute atomic E-state index is 0.0329. The molecule has 188 valence electrons. The molecule has 0 saturated heterocycles. The summed E-state index contributed by atoms with van der Waals surface area (Å²) in [6.07, 6.45) is 7.68. The third-order valence-electron chi connectivity index (χ3n) is 5.46. The van der Waals surface area contributed by atoms with Crippen molar-refractivity contribution in [1.29, 1.82) is 0 Å². The minimum atomic E-state index is -0.750. The Morgan fingerprint density at radius 1 is 0.812 bits per heavy atom. The predicted molar refractivity (Wildman–Crippen MR) is 143 cm³/mol. The molecule has 0 bridgehead atoms. The molecule has 0 aromatic heterocycles. The molecule has 0 aromatic carbocycles. The Morgan fingerprint density at radius 2 is 1.34 bits per heavy atom. The Morgan fingerprint density at radius 3 is 1.91 bits per heavy atom. The number of likely N-dealkylation sites (N-methyl/N-ethyl adjacent to an activating group) is 1. The van der Waals surface area contributed by atoms with Crippen molar-refractivity contribution in [2.45, 2.75) is 76.8 Å². The molecule has 0 heterocycles. The molecule has 0 fully saturated rings. The zero-order valence-corrected chi connectivity index (χ0v) is 23.3. The Hall–Kier alpha value is -0.220. The zero-order chi connectivity index (χ0) is 24.4. The van der Waals surface area contributed by atoms with Gasteiger partial charge in [0.15, 0.2) is 5.52 Å². The van der Waals surface area contributed by atoms with Gasteiger partial charge in [0.2, 0.25) is 11.8 Å². The van der Waals surface area contributed by atoms with Gasteiger partial charge in [-0.3, -0.25) is 14.4 Å². The highest BCUT2D eigenvalue weighted by atomic mass is 32.4. The predicted octanol–water partition coefficient (Wildman–Crippen LogP) is 2.09. The van der Waals surface area contributed by atoms with Crippen LogP contribution in [0.2, 0.25) is 0 Å². The van der Waals surface area contributed by atoms with E-state index in [1.165, 1.54) is 0 Å². The van der Waals surface area contributed by atoms with Crippen LogP contribution >= 0.6 is 25.2 Å². The van der Waals surface area contributed by atoms with Crippen LogP contribution in [0, 0.1) is 5.92 Å². The number of nitrogens with one attached hydrogen (secondary N) is 4. The van der Waals surface area contributed by atoms with Gasteiger partial charge in [0.1, 0.15) is 0 Å². The van der Waals surface area contributed by atoms with Crippen molar-refractivity contribution in [3.05, 3.63) is 0 Å². The van der Waals surface area contributed by atoms with Gasteiger partial charge in [-0.05, 0) is 72.0 Å². The SMILES string of the molecule is CNCCCCC(C)C(=O)NCCCCC(N)C(=O)NCCCCC(NC)C(=O)P(P)P. The molecule has 0 rings (SSSR count). The van der Waals surface area contributed by atoms with Gasteiger partial charge in [0, 0.05) is 26.3 Å². The van der Waals surface area contributed by atoms with Crippen molar-refractivity contribution < 1.29 is 14.4 Å². The van der Waals surface area contributed by atoms with Gasteiger partial charge in [-0.25, -0.2) is 0 Å². The van der Waals surface area contributed by atoms with Crippen molar-refractivity contribution in [3.8, 4) is 0 Å². The molecule has 5 atom stereocenters. The molecule has 0 radical (unpaired) electrons. The lowest BCUT2D eigenvalue weighted by Crippen LogP contribution is -2.41. The van der Waals surface area contributed by atoms with E-state index in [0.29, 0.717) is 19.5 Å². The number of carbonyl (C=O) groups excluding carboxylic acids is 3. The maximum Gasteiger partial charge on any atom is 0.236 e. The fraction of sp³-hybridized carbons (Fsp3) is 0.857. The van der Waals surface area contributed by atoms with E-state index in [-0.39, 0.29) is 29.3 Å². The Bertz CT molecular complexity index is 541. The van der Waals surface area contributed by atoms with E-state index in [4.69, 9.17) is 5.73 Å². The third-order valence-corrected chi connectivity index (χ3v) is 7.81. The summed E-state index contributed by atoms with van der Waals surface area (Å²) >= 11 is 0. The summed E-state index contributed by atoms with van der Waals surface area (Å²) in [7, 11) is 8.11. The van der Waals surface area contributed by atoms with E-state index in [9.17, 15) is 14.4 Å². The summed E-state index contributed by atoms with van der Waals surface area (Å²) < 4.78 is 0. The standard InChI is InChI=1S/C21H46N5O3P3/c1-16(10-4-7-13-23-2)19(27)25-14-8-5-11-17(22)20(28)26-15-9-6-12-18(24-3)21(29)32(30)31/h16-18,23-24H,4-15,22,30-31H2,1-3H3,(H,25,27)(H,26,28). The molecule has 2 amide bonds. The summed E-state index contributed by atoms with van der Waals surface area (Å²) in [5.41, 5.74) is 6.20. The molecule has 0 aliphatic heterocycles. The van der Waals surface area contributed by atoms with Crippen molar-refractivity contribution in [3.63, 3.8) is 0 Å². The van der Waals surface area contributed by atoms with Crippen LogP contribution in [-0.4, -0.2) is 63.2 Å². The fourth-order valence-corrected chi connectivity index (χ4v) is 4.97. The molecular formula is C21H46N5O3P3. The van der Waals surface area contributed by atoms with E-state index in [0.717, 1.165) is 57.9 Å². The van der Waals surface area contributed by atoms with Crippen molar-refractivity contribution >= 4 is 42.5 Å². The average Bonchev–Trinajstić information content (AvgIpc) is 2.77. The first-order chi connectivity index (χ1) is 15.2. The highest BCUT2D eigenvalue weighted by Gasteiger charge is 2.19. The highest BCUT2D eigenvalue weighted by Crippen LogP contribution is 2.54. The Balaban J connectivity index is 3.81. The second kappa shape index (κ2) is 20.2. The first-order valence-corrected chi connectivity index (χ1v) is 16.3. The number of amides is 2. The van der Waals surface area contributed by atoms with Crippen LogP contribution in [0.15, 0.2) is 0 Å². The first kappa shape index (κ1) is 31.8. The van der Waals surface area contributed by atoms with E-state index < -0.39 is 13.3 Å². The molecule has 0 aromatic rings. The topological polar surface area (TPSA) is 125 Å². The molecule has 0 saturated carbocycles. The first-order valence-electron chi connectivity index (χ1n) is 11.7. The minimum Gasteiger partial charge on any atom is -0.356 e. The van der Waals surface area contributed by atoms with Gasteiger partial charge < -0.3 is 27.0 Å². The molecule has 0 aliphatic carbocycles. The molecule has 0 spiro atoms. The number of hydrogen-bond acceptors (Lipinski definition) is 6. The smallest absolute Gasteiger partial charge is 0.236 e. The van der Waals surface area contributed by atoms with Crippen LogP contribution in [0.4, 0.5) is 0 Å². The summed E-state index contributed by atoms with van der Waals surface area (Å²) in [5.74, 6) is 0.000123. The van der Waals surface area contributed by atoms with Crippen molar-refractivity contribution in [2.24, 2.45) is 11.7 Å². The van der Waals surface area contributed by atoms with Gasteiger partial charge >= 0.3 is 0 Å². The van der Waals surface area contributed by atoms with Crippen LogP contribution < -0.4 is 27.0 Å². The molecule has 8 nitrogen and oxygen atoms in total. The van der Waals surface area contributed by atoms with Gasteiger partial charge in [-0.15, -0.1) is 0 Å². The molecule has 5 unspecified atom stereocenters. The summed E-state index contributed by atoms with van der Waals surface area (Å²) in [5, 5.41) is 12.0. The quantitative estimate of drug-likeness (QED) is 0.126. The lowest BCUT2D eigenvalue weighted by Gasteiger charge is -2.17. The number of unbranched alkanes of at least 4 members (excludes halogenated alkanes) is 3. The van der Waals surface area contributed by atoms with Gasteiger partial charge in [0.25, 0.3) is 0 Å². The number of nitrogens with two attached hydrogens (primary N) is 1. The van der Waals surface area contributed by atoms with Crippen LogP contribution in [-0.2, 0) is 14.4 Å². The van der Waals surface area contributed by atoms with Crippen LogP contribution in [0.5, 0.6) is 0 Å². The molecule has 6 N–H and O–H groups in total. The maximum atomic E-state index is 12.1. The van der Waals surface area contributed by atoms with Gasteiger partial charge in [-0.1, -0.05) is 31.2 Å². The third kappa shape index (κ3) is 15.6. The van der Waals surface area contributed by atoms with E-state index in [1.807, 2.05) is 14.0 Å². The van der Waals surface area contributed by atoms with Crippen LogP contribution in [0.25, 0.3) is 0 Å². The highest BCUT2D eigenvalue weighted by molar-refractivity contribution is 8.50. The van der Waals surface area contributed by atoms with Gasteiger partial charge in [0.05, 0.1) is 12.1 Å². The average molecular weight is 510 g/mol. The number of carbonyl (C=O) groups is 3. The molecular weight excluding hydrogens is 463 g/mol. The second-order valence-corrected chi connectivity index (χ2v) is 14.6. The van der Waals surface area contributed by atoms with E-state index in [2.05, 4.69) is 39.1 Å². The number of rotatable bonds is 20. The maximum absolute atomic E-state index is 12.1. The zero-order valence-electron chi connectivity index (χ0n) is 20.1. The van der Waals surface area contributed by atoms with Gasteiger partial charge in [-0.2, -0.15) is 0 Å². The van der Waals surface area contributed by atoms with E-state index >= 15 is 0 Å². The molecule has 0 aliphatic rings. The Kier molecular flexibility index (Phi) is 20.0. The van der Waals surface area contributed by atoms with Crippen LogP contribution in [0.1, 0.15) is 64.7 Å². The normalized spacial score (nSPS) is 14.1. The molecule has 32 heavy (non-hydrogen) atoms. The summed E-state index contributed by atoms with van der Waals surface area (Å²) in [4.78, 5) is 36.2. The van der Waals surface area contributed by atoms with Crippen molar-refractivity contribution in [1.82, 2.24) is 21.3 Å². The number of hydrogen-bond donors (Lipinski definition) is 5. The lowest BCUT2D eigenvalue weighted by molar-refractivity contribution is -0.125. The summed E-state index contributed by atoms with van der Waals surface area (Å²) in [6, 6.07) is -0.655. The Labute approximate surface area is 200 Å². The second-order valence-electron chi connectivity index (χ2n) is 8.27. The lowest BCUT2D eigenvalue weighted by atomic mass is 10.0. The van der Waals surface area contributed by atoms with Crippen molar-refractivity contribution in [2.75, 3.05) is 33.7 Å².